The zero-order valence-corrected chi connectivity index (χ0v) is 8.34. The van der Waals surface area contributed by atoms with E-state index >= 15 is 0 Å². The first kappa shape index (κ1) is 9.29. The molecular formula is C10H9ClN2O. The molecule has 3 nitrogen and oxygen atoms in total. The van der Waals surface area contributed by atoms with Gasteiger partial charge in [-0.05, 0) is 36.9 Å². The molecule has 1 aromatic rings. The summed E-state index contributed by atoms with van der Waals surface area (Å²) in [6.07, 6.45) is 3.75. The van der Waals surface area contributed by atoms with Crippen LogP contribution in [0.15, 0.2) is 6.07 Å². The molecule has 0 bridgehead atoms. The van der Waals surface area contributed by atoms with Crippen molar-refractivity contribution in [1.82, 2.24) is 0 Å². The van der Waals surface area contributed by atoms with Gasteiger partial charge in [-0.15, -0.1) is 0 Å². The fourth-order valence-electron chi connectivity index (χ4n) is 1.84. The topological polar surface area (TPSA) is 50.7 Å². The van der Waals surface area contributed by atoms with Crippen LogP contribution in [-0.2, 0) is 12.8 Å². The van der Waals surface area contributed by atoms with Crippen molar-refractivity contribution in [1.29, 1.82) is 5.26 Å². The number of halogens is 1. The van der Waals surface area contributed by atoms with E-state index in [2.05, 4.69) is 0 Å². The number of hydrogen-bond donors (Lipinski definition) is 0. The number of fused-ring (bicyclic) bond motifs is 1. The van der Waals surface area contributed by atoms with Gasteiger partial charge in [0.25, 0.3) is 0 Å². The summed E-state index contributed by atoms with van der Waals surface area (Å²) >= 11 is 5.76. The molecule has 0 fully saturated rings. The molecule has 1 heterocycles. The van der Waals surface area contributed by atoms with E-state index in [1.54, 1.807) is 6.07 Å². The number of aromatic nitrogens is 1. The smallest absolute Gasteiger partial charge is 0.304 e. The van der Waals surface area contributed by atoms with Gasteiger partial charge in [-0.3, -0.25) is 0 Å². The minimum Gasteiger partial charge on any atom is -0.617 e. The van der Waals surface area contributed by atoms with Crippen molar-refractivity contribution in [2.24, 2.45) is 0 Å². The van der Waals surface area contributed by atoms with E-state index in [0.29, 0.717) is 4.73 Å². The van der Waals surface area contributed by atoms with E-state index in [9.17, 15) is 5.21 Å². The summed E-state index contributed by atoms with van der Waals surface area (Å²) in [6.45, 7) is 0. The van der Waals surface area contributed by atoms with E-state index in [1.165, 1.54) is 0 Å². The maximum atomic E-state index is 11.6. The predicted molar refractivity (Wildman–Crippen MR) is 51.8 cm³/mol. The van der Waals surface area contributed by atoms with Gasteiger partial charge in [-0.1, -0.05) is 0 Å². The molecule has 0 radical (unpaired) electrons. The highest BCUT2D eigenvalue weighted by Gasteiger charge is 2.22. The summed E-state index contributed by atoms with van der Waals surface area (Å²) < 4.78 is 0.703. The third-order valence-electron chi connectivity index (χ3n) is 2.57. The van der Waals surface area contributed by atoms with Crippen LogP contribution in [0.3, 0.4) is 0 Å². The fraction of sp³-hybridized carbons (Fsp3) is 0.400. The van der Waals surface area contributed by atoms with Crippen molar-refractivity contribution >= 4 is 11.6 Å². The van der Waals surface area contributed by atoms with Crippen LogP contribution in [0.5, 0.6) is 0 Å². The van der Waals surface area contributed by atoms with Gasteiger partial charge in [0.2, 0.25) is 0 Å². The number of nitrogens with zero attached hydrogens (tertiary/aromatic N) is 2. The van der Waals surface area contributed by atoms with Gasteiger partial charge in [-0.25, -0.2) is 0 Å². The fourth-order valence-corrected chi connectivity index (χ4v) is 2.04. The Bertz CT molecular complexity index is 423. The second-order valence-corrected chi connectivity index (χ2v) is 3.79. The van der Waals surface area contributed by atoms with Crippen LogP contribution in [0.2, 0.25) is 5.15 Å². The summed E-state index contributed by atoms with van der Waals surface area (Å²) in [6, 6.07) is 3.67. The lowest BCUT2D eigenvalue weighted by Gasteiger charge is -2.15. The molecule has 4 heteroatoms. The number of pyridine rings is 1. The van der Waals surface area contributed by atoms with Crippen LogP contribution in [0, 0.1) is 16.5 Å². The molecule has 0 saturated heterocycles. The predicted octanol–water partition coefficient (Wildman–Crippen LogP) is 1.72. The van der Waals surface area contributed by atoms with Crippen molar-refractivity contribution in [3.8, 4) is 6.07 Å². The van der Waals surface area contributed by atoms with E-state index in [0.717, 1.165) is 36.9 Å². The van der Waals surface area contributed by atoms with Gasteiger partial charge in [0.1, 0.15) is 11.6 Å². The van der Waals surface area contributed by atoms with E-state index in [1.807, 2.05) is 6.07 Å². The number of aryl methyl sites for hydroxylation is 1. The highest BCUT2D eigenvalue weighted by Crippen LogP contribution is 2.22. The Morgan fingerprint density at radius 1 is 1.43 bits per heavy atom. The Morgan fingerprint density at radius 2 is 2.14 bits per heavy atom. The Morgan fingerprint density at radius 3 is 2.86 bits per heavy atom. The lowest BCUT2D eigenvalue weighted by atomic mass is 9.95. The maximum Gasteiger partial charge on any atom is 0.304 e. The minimum absolute atomic E-state index is 0.00755. The monoisotopic (exact) mass is 208 g/mol. The van der Waals surface area contributed by atoms with Crippen molar-refractivity contribution < 1.29 is 4.73 Å². The Labute approximate surface area is 87.1 Å². The maximum absolute atomic E-state index is 11.6. The second kappa shape index (κ2) is 3.47. The third-order valence-corrected chi connectivity index (χ3v) is 2.92. The SMILES string of the molecule is N#Cc1cc2c([n+]([O-])c1Cl)CCCC2. The number of rotatable bonds is 0. The highest BCUT2D eigenvalue weighted by atomic mass is 35.5. The molecular weight excluding hydrogens is 200 g/mol. The van der Waals surface area contributed by atoms with Gasteiger partial charge in [-0.2, -0.15) is 9.99 Å². The summed E-state index contributed by atoms with van der Waals surface area (Å²) in [5.41, 5.74) is 2.00. The minimum atomic E-state index is 0.00755. The van der Waals surface area contributed by atoms with Gasteiger partial charge in [0.15, 0.2) is 5.69 Å². The van der Waals surface area contributed by atoms with Gasteiger partial charge < -0.3 is 5.21 Å². The van der Waals surface area contributed by atoms with Crippen molar-refractivity contribution in [3.05, 3.63) is 33.2 Å². The first-order chi connectivity index (χ1) is 6.74. The normalized spacial score (nSPS) is 14.6. The molecule has 14 heavy (non-hydrogen) atoms. The van der Waals surface area contributed by atoms with Gasteiger partial charge in [0.05, 0.1) is 0 Å². The van der Waals surface area contributed by atoms with Gasteiger partial charge >= 0.3 is 5.15 Å². The molecule has 0 unspecified atom stereocenters. The largest absolute Gasteiger partial charge is 0.617 e. The lowest BCUT2D eigenvalue weighted by molar-refractivity contribution is -0.612. The van der Waals surface area contributed by atoms with Crippen LogP contribution >= 0.6 is 11.6 Å². The Balaban J connectivity index is 2.64. The lowest BCUT2D eigenvalue weighted by Crippen LogP contribution is -2.36. The number of nitriles is 1. The Kier molecular flexibility index (Phi) is 2.30. The highest BCUT2D eigenvalue weighted by molar-refractivity contribution is 6.29. The average molecular weight is 209 g/mol. The number of hydrogen-bond acceptors (Lipinski definition) is 2. The quantitative estimate of drug-likeness (QED) is 0.370. The van der Waals surface area contributed by atoms with E-state index < -0.39 is 0 Å². The van der Waals surface area contributed by atoms with Crippen molar-refractivity contribution in [2.45, 2.75) is 25.7 Å². The summed E-state index contributed by atoms with van der Waals surface area (Å²) in [5.74, 6) is 0. The summed E-state index contributed by atoms with van der Waals surface area (Å²) in [7, 11) is 0. The molecule has 0 saturated carbocycles. The molecule has 0 N–H and O–H groups in total. The van der Waals surface area contributed by atoms with Crippen LogP contribution in [-0.4, -0.2) is 0 Å². The van der Waals surface area contributed by atoms with E-state index in [-0.39, 0.29) is 10.7 Å². The van der Waals surface area contributed by atoms with Crippen molar-refractivity contribution in [3.63, 3.8) is 0 Å². The average Bonchev–Trinajstić information content (AvgIpc) is 2.23. The molecule has 0 aliphatic heterocycles. The Hall–Kier alpha value is -1.27. The molecule has 1 aromatic heterocycles. The molecule has 2 rings (SSSR count). The standard InChI is InChI=1S/C10H9ClN2O/c11-10-8(6-12)5-7-3-1-2-4-9(7)13(10)14/h5H,1-4H2. The van der Waals surface area contributed by atoms with Crippen molar-refractivity contribution in [2.75, 3.05) is 0 Å². The molecule has 0 atom stereocenters. The molecule has 0 amide bonds. The second-order valence-electron chi connectivity index (χ2n) is 3.43. The molecule has 1 aliphatic carbocycles. The first-order valence-corrected chi connectivity index (χ1v) is 4.95. The van der Waals surface area contributed by atoms with Crippen LogP contribution < -0.4 is 4.73 Å². The van der Waals surface area contributed by atoms with Crippen LogP contribution in [0.1, 0.15) is 29.7 Å². The molecule has 0 spiro atoms. The van der Waals surface area contributed by atoms with Crippen LogP contribution in [0.25, 0.3) is 0 Å². The molecule has 1 aliphatic rings. The van der Waals surface area contributed by atoms with E-state index in [4.69, 9.17) is 16.9 Å². The third kappa shape index (κ3) is 1.32. The summed E-state index contributed by atoms with van der Waals surface area (Å²) in [4.78, 5) is 0. The van der Waals surface area contributed by atoms with Crippen LogP contribution in [0.4, 0.5) is 0 Å². The molecule has 0 aromatic carbocycles. The summed E-state index contributed by atoms with van der Waals surface area (Å²) in [5, 5.41) is 20.4. The zero-order valence-electron chi connectivity index (χ0n) is 7.59. The van der Waals surface area contributed by atoms with Gasteiger partial charge in [0, 0.05) is 12.0 Å². The first-order valence-electron chi connectivity index (χ1n) is 4.58. The zero-order chi connectivity index (χ0) is 10.1. The molecule has 72 valence electrons.